The molecular weight excluding hydrogens is 396 g/mol. The number of benzene rings is 1. The van der Waals surface area contributed by atoms with Crippen LogP contribution in [-0.2, 0) is 19.3 Å². The van der Waals surface area contributed by atoms with Crippen molar-refractivity contribution in [2.75, 3.05) is 19.7 Å². The molecule has 0 radical (unpaired) electrons. The number of furan rings is 1. The zero-order chi connectivity index (χ0) is 20.6. The summed E-state index contributed by atoms with van der Waals surface area (Å²) in [5.41, 5.74) is 1.18. The van der Waals surface area contributed by atoms with E-state index < -0.39 is 0 Å². The van der Waals surface area contributed by atoms with Gasteiger partial charge >= 0.3 is 0 Å². The van der Waals surface area contributed by atoms with Crippen molar-refractivity contribution in [1.82, 2.24) is 15.6 Å². The molecule has 1 aliphatic rings. The number of aliphatic imine (C=N–C) groups is 1. The molecule has 7 heteroatoms. The summed E-state index contributed by atoms with van der Waals surface area (Å²) in [5.74, 6) is 2.73. The van der Waals surface area contributed by atoms with Gasteiger partial charge in [0.2, 0.25) is 0 Å². The molecule has 0 saturated heterocycles. The molecule has 4 rings (SSSR count). The first kappa shape index (κ1) is 20.5. The Bertz CT molecular complexity index is 952. The molecular formula is C23H28N4O2S. The Labute approximate surface area is 181 Å². The summed E-state index contributed by atoms with van der Waals surface area (Å²) in [7, 11) is 0. The second-order valence-electron chi connectivity index (χ2n) is 7.18. The number of guanidine groups is 1. The predicted octanol–water partition coefficient (Wildman–Crippen LogP) is 4.14. The van der Waals surface area contributed by atoms with Crippen molar-refractivity contribution in [3.63, 3.8) is 0 Å². The maximum Gasteiger partial charge on any atom is 0.191 e. The van der Waals surface area contributed by atoms with Crippen molar-refractivity contribution in [3.8, 4) is 5.75 Å². The highest BCUT2D eigenvalue weighted by atomic mass is 32.1. The van der Waals surface area contributed by atoms with Crippen LogP contribution in [0, 0.1) is 0 Å². The SMILES string of the molecule is CCc1cnc(CCN=C(NCCc2ccco2)NC2CCOc3ccccc32)s1. The molecule has 30 heavy (non-hydrogen) atoms. The number of ether oxygens (including phenoxy) is 1. The Morgan fingerprint density at radius 3 is 3.00 bits per heavy atom. The van der Waals surface area contributed by atoms with Crippen molar-refractivity contribution >= 4 is 17.3 Å². The lowest BCUT2D eigenvalue weighted by molar-refractivity contribution is 0.261. The van der Waals surface area contributed by atoms with Crippen molar-refractivity contribution < 1.29 is 9.15 Å². The van der Waals surface area contributed by atoms with Crippen molar-refractivity contribution in [2.45, 2.75) is 38.6 Å². The molecule has 1 atom stereocenters. The number of para-hydroxylation sites is 1. The van der Waals surface area contributed by atoms with Crippen LogP contribution in [0.5, 0.6) is 5.75 Å². The monoisotopic (exact) mass is 424 g/mol. The maximum absolute atomic E-state index is 5.80. The van der Waals surface area contributed by atoms with Crippen LogP contribution in [0.25, 0.3) is 0 Å². The van der Waals surface area contributed by atoms with E-state index in [1.807, 2.05) is 30.5 Å². The molecule has 3 aromatic rings. The van der Waals surface area contributed by atoms with Gasteiger partial charge in [-0.05, 0) is 24.6 Å². The topological polar surface area (TPSA) is 71.7 Å². The third-order valence-electron chi connectivity index (χ3n) is 5.06. The number of hydrogen-bond donors (Lipinski definition) is 2. The first-order chi connectivity index (χ1) is 14.8. The van der Waals surface area contributed by atoms with Crippen LogP contribution in [0.2, 0.25) is 0 Å². The molecule has 158 valence electrons. The van der Waals surface area contributed by atoms with Crippen molar-refractivity contribution in [3.05, 3.63) is 70.1 Å². The van der Waals surface area contributed by atoms with Gasteiger partial charge in [0.15, 0.2) is 5.96 Å². The standard InChI is InChI=1S/C23H28N4O2S/c1-2-18-16-26-22(30-18)10-13-25-23(24-12-9-17-6-5-14-28-17)27-20-11-15-29-21-8-4-3-7-19(20)21/h3-8,14,16,20H,2,9-13,15H2,1H3,(H2,24,25,27). The summed E-state index contributed by atoms with van der Waals surface area (Å²) in [6.45, 7) is 4.30. The fraction of sp³-hybridized carbons (Fsp3) is 0.391. The van der Waals surface area contributed by atoms with Crippen LogP contribution in [0.1, 0.15) is 40.6 Å². The second-order valence-corrected chi connectivity index (χ2v) is 8.38. The summed E-state index contributed by atoms with van der Waals surface area (Å²) < 4.78 is 11.2. The Kier molecular flexibility index (Phi) is 7.03. The van der Waals surface area contributed by atoms with E-state index >= 15 is 0 Å². The first-order valence-electron chi connectivity index (χ1n) is 10.5. The highest BCUT2D eigenvalue weighted by Crippen LogP contribution is 2.31. The van der Waals surface area contributed by atoms with Gasteiger partial charge in [0.05, 0.1) is 23.9 Å². The minimum Gasteiger partial charge on any atom is -0.493 e. The van der Waals surface area contributed by atoms with Crippen LogP contribution in [-0.4, -0.2) is 30.6 Å². The molecule has 0 spiro atoms. The maximum atomic E-state index is 5.80. The molecule has 3 heterocycles. The van der Waals surface area contributed by atoms with Gasteiger partial charge in [0, 0.05) is 49.0 Å². The van der Waals surface area contributed by atoms with E-state index in [9.17, 15) is 0 Å². The van der Waals surface area contributed by atoms with Crippen LogP contribution in [0.3, 0.4) is 0 Å². The summed E-state index contributed by atoms with van der Waals surface area (Å²) in [6.07, 6.45) is 7.28. The second kappa shape index (κ2) is 10.3. The van der Waals surface area contributed by atoms with Crippen LogP contribution >= 0.6 is 11.3 Å². The summed E-state index contributed by atoms with van der Waals surface area (Å²) >= 11 is 1.78. The number of nitrogens with zero attached hydrogens (tertiary/aromatic N) is 2. The lowest BCUT2D eigenvalue weighted by atomic mass is 10.0. The minimum atomic E-state index is 0.177. The number of aryl methyl sites for hydroxylation is 1. The van der Waals surface area contributed by atoms with E-state index in [1.54, 1.807) is 17.6 Å². The summed E-state index contributed by atoms with van der Waals surface area (Å²) in [4.78, 5) is 10.7. The predicted molar refractivity (Wildman–Crippen MR) is 120 cm³/mol. The zero-order valence-electron chi connectivity index (χ0n) is 17.3. The normalized spacial score (nSPS) is 16.0. The average Bonchev–Trinajstić information content (AvgIpc) is 3.46. The summed E-state index contributed by atoms with van der Waals surface area (Å²) in [5, 5.41) is 8.21. The number of thiazole rings is 1. The highest BCUT2D eigenvalue weighted by molar-refractivity contribution is 7.11. The fourth-order valence-corrected chi connectivity index (χ4v) is 4.31. The van der Waals surface area contributed by atoms with Crippen LogP contribution in [0.4, 0.5) is 0 Å². The van der Waals surface area contributed by atoms with Gasteiger partial charge in [-0.3, -0.25) is 4.99 Å². The summed E-state index contributed by atoms with van der Waals surface area (Å²) in [6, 6.07) is 12.3. The lowest BCUT2D eigenvalue weighted by Gasteiger charge is -2.28. The quantitative estimate of drug-likeness (QED) is 0.420. The van der Waals surface area contributed by atoms with Gasteiger partial charge in [-0.1, -0.05) is 25.1 Å². The van der Waals surface area contributed by atoms with Crippen LogP contribution < -0.4 is 15.4 Å². The number of fused-ring (bicyclic) bond motifs is 1. The molecule has 0 fully saturated rings. The molecule has 0 amide bonds. The average molecular weight is 425 g/mol. The number of nitrogens with one attached hydrogen (secondary N) is 2. The molecule has 2 aromatic heterocycles. The van der Waals surface area contributed by atoms with Gasteiger partial charge in [-0.25, -0.2) is 4.98 Å². The Morgan fingerprint density at radius 2 is 2.17 bits per heavy atom. The van der Waals surface area contributed by atoms with E-state index in [1.165, 1.54) is 10.4 Å². The van der Waals surface area contributed by atoms with Gasteiger partial charge in [-0.2, -0.15) is 0 Å². The first-order valence-corrected chi connectivity index (χ1v) is 11.4. The number of hydrogen-bond acceptors (Lipinski definition) is 5. The smallest absolute Gasteiger partial charge is 0.191 e. The molecule has 0 aliphatic carbocycles. The van der Waals surface area contributed by atoms with Crippen molar-refractivity contribution in [2.24, 2.45) is 4.99 Å². The molecule has 1 unspecified atom stereocenters. The Balaban J connectivity index is 1.41. The Morgan fingerprint density at radius 1 is 1.23 bits per heavy atom. The van der Waals surface area contributed by atoms with Crippen LogP contribution in [0.15, 0.2) is 58.3 Å². The largest absolute Gasteiger partial charge is 0.493 e. The highest BCUT2D eigenvalue weighted by Gasteiger charge is 2.21. The lowest BCUT2D eigenvalue weighted by Crippen LogP contribution is -2.42. The van der Waals surface area contributed by atoms with Crippen molar-refractivity contribution in [1.29, 1.82) is 0 Å². The van der Waals surface area contributed by atoms with Gasteiger partial charge in [0.25, 0.3) is 0 Å². The number of rotatable bonds is 8. The molecule has 1 aromatic carbocycles. The van der Waals surface area contributed by atoms with E-state index in [-0.39, 0.29) is 6.04 Å². The zero-order valence-corrected chi connectivity index (χ0v) is 18.1. The molecule has 0 saturated carbocycles. The van der Waals surface area contributed by atoms with E-state index in [0.717, 1.165) is 54.7 Å². The molecule has 0 bridgehead atoms. The van der Waals surface area contributed by atoms with Gasteiger partial charge in [0.1, 0.15) is 11.5 Å². The fourth-order valence-electron chi connectivity index (χ4n) is 3.46. The van der Waals surface area contributed by atoms with E-state index in [0.29, 0.717) is 13.2 Å². The number of aromatic nitrogens is 1. The van der Waals surface area contributed by atoms with E-state index in [4.69, 9.17) is 14.1 Å². The molecule has 2 N–H and O–H groups in total. The minimum absolute atomic E-state index is 0.177. The molecule has 6 nitrogen and oxygen atoms in total. The van der Waals surface area contributed by atoms with Gasteiger partial charge in [-0.15, -0.1) is 11.3 Å². The Hall–Kier alpha value is -2.80. The van der Waals surface area contributed by atoms with E-state index in [2.05, 4.69) is 34.7 Å². The third-order valence-corrected chi connectivity index (χ3v) is 6.26. The molecule has 1 aliphatic heterocycles. The third kappa shape index (κ3) is 5.42. The van der Waals surface area contributed by atoms with Gasteiger partial charge < -0.3 is 19.8 Å².